The van der Waals surface area contributed by atoms with E-state index in [1.54, 1.807) is 0 Å². The van der Waals surface area contributed by atoms with E-state index in [9.17, 15) is 21.6 Å². The summed E-state index contributed by atoms with van der Waals surface area (Å²) >= 11 is 7.00. The topological polar surface area (TPSA) is 115 Å². The normalized spacial score (nSPS) is 20.6. The molecule has 2 saturated heterocycles. The highest BCUT2D eigenvalue weighted by Gasteiger charge is 2.40. The summed E-state index contributed by atoms with van der Waals surface area (Å²) < 4.78 is 76.5. The summed E-state index contributed by atoms with van der Waals surface area (Å²) in [5.74, 6) is -1.98. The summed E-state index contributed by atoms with van der Waals surface area (Å²) in [6, 6.07) is 1.69. The molecule has 188 valence electrons. The molecule has 16 heteroatoms. The smallest absolute Gasteiger partial charge is 0.412 e. The highest BCUT2D eigenvalue weighted by Crippen LogP contribution is 2.33. The number of anilines is 1. The Morgan fingerprint density at radius 3 is 2.74 bits per heavy atom. The average Bonchev–Trinajstić information content (AvgIpc) is 3.59. The van der Waals surface area contributed by atoms with Crippen molar-refractivity contribution in [1.29, 1.82) is 0 Å². The van der Waals surface area contributed by atoms with Crippen LogP contribution in [-0.4, -0.2) is 71.1 Å². The summed E-state index contributed by atoms with van der Waals surface area (Å²) in [6.07, 6.45) is 0.283. The van der Waals surface area contributed by atoms with Gasteiger partial charge in [0.25, 0.3) is 5.89 Å². The molecule has 0 N–H and O–H groups in total. The zero-order valence-electron chi connectivity index (χ0n) is 17.9. The highest BCUT2D eigenvalue weighted by molar-refractivity contribution is 7.92. The largest absolute Gasteiger partial charge is 0.470 e. The lowest BCUT2D eigenvalue weighted by Crippen LogP contribution is -2.42. The molecule has 0 aromatic carbocycles. The zero-order valence-corrected chi connectivity index (χ0v) is 20.2. The first kappa shape index (κ1) is 24.4. The van der Waals surface area contributed by atoms with Gasteiger partial charge in [-0.3, -0.25) is 14.2 Å². The third-order valence-corrected chi connectivity index (χ3v) is 8.56. The van der Waals surface area contributed by atoms with E-state index in [-0.39, 0.29) is 45.9 Å². The van der Waals surface area contributed by atoms with Crippen LogP contribution in [0.1, 0.15) is 17.3 Å². The van der Waals surface area contributed by atoms with Gasteiger partial charge in [-0.05, 0) is 12.5 Å². The van der Waals surface area contributed by atoms with Gasteiger partial charge >= 0.3 is 12.1 Å². The maximum Gasteiger partial charge on any atom is 0.470 e. The number of alkyl halides is 3. The van der Waals surface area contributed by atoms with Crippen molar-refractivity contribution in [2.75, 3.05) is 29.8 Å². The van der Waals surface area contributed by atoms with Crippen LogP contribution in [0, 0.1) is 0 Å². The van der Waals surface area contributed by atoms with Gasteiger partial charge in [-0.15, -0.1) is 21.5 Å². The van der Waals surface area contributed by atoms with Crippen molar-refractivity contribution in [2.24, 2.45) is 0 Å². The number of nitrogens with zero attached hydrogens (tertiary/aromatic N) is 6. The number of aromatic nitrogens is 4. The molecular weight excluding hydrogens is 533 g/mol. The maximum atomic E-state index is 13.4. The van der Waals surface area contributed by atoms with Crippen LogP contribution < -0.4 is 4.31 Å². The van der Waals surface area contributed by atoms with Crippen molar-refractivity contribution in [3.05, 3.63) is 40.6 Å². The zero-order chi connectivity index (χ0) is 24.8. The standard InChI is InChI=1S/C19H18ClF3N6O4S2/c20-11-3-12(6-24-5-11)29(35(30,31)2-1-28-8-14-4-13(28)10-32-14)9-16-25-7-15(34-16)17-26-27-18(33-17)19(21,22)23/h3,5-7,13-14H,1-2,4,8-10H2/t13-,14-/m1/s1. The fourth-order valence-corrected chi connectivity index (χ4v) is 6.53. The molecule has 2 bridgehead atoms. The van der Waals surface area contributed by atoms with E-state index < -0.39 is 22.1 Å². The Kier molecular flexibility index (Phi) is 6.46. The molecular formula is C19H18ClF3N6O4S2. The number of likely N-dealkylation sites (tertiary alicyclic amines) is 1. The average molecular weight is 551 g/mol. The van der Waals surface area contributed by atoms with Crippen LogP contribution in [0.5, 0.6) is 0 Å². The Morgan fingerprint density at radius 1 is 1.26 bits per heavy atom. The molecule has 0 unspecified atom stereocenters. The Hall–Kier alpha value is -2.33. The van der Waals surface area contributed by atoms with Crippen LogP contribution in [0.2, 0.25) is 5.02 Å². The lowest BCUT2D eigenvalue weighted by atomic mass is 10.2. The molecule has 2 aliphatic heterocycles. The van der Waals surface area contributed by atoms with Gasteiger partial charge in [-0.25, -0.2) is 13.4 Å². The number of sulfonamides is 1. The SMILES string of the molecule is O=S(=O)(CCN1C[C@H]2C[C@@H]1CO2)N(Cc1ncc(-c2nnc(C(F)(F)F)o2)s1)c1cncc(Cl)c1. The molecule has 3 aromatic heterocycles. The van der Waals surface area contributed by atoms with E-state index in [1.807, 2.05) is 0 Å². The van der Waals surface area contributed by atoms with E-state index >= 15 is 0 Å². The third-order valence-electron chi connectivity index (χ3n) is 5.68. The van der Waals surface area contributed by atoms with Crippen LogP contribution >= 0.6 is 22.9 Å². The van der Waals surface area contributed by atoms with Gasteiger partial charge in [0.1, 0.15) is 9.88 Å². The number of pyridine rings is 1. The Bertz CT molecular complexity index is 1320. The molecule has 10 nitrogen and oxygen atoms in total. The molecule has 0 radical (unpaired) electrons. The first-order valence-electron chi connectivity index (χ1n) is 10.4. The van der Waals surface area contributed by atoms with Crippen molar-refractivity contribution in [1.82, 2.24) is 25.1 Å². The van der Waals surface area contributed by atoms with E-state index in [1.165, 1.54) is 24.7 Å². The van der Waals surface area contributed by atoms with Crippen molar-refractivity contribution >= 4 is 38.6 Å². The first-order valence-corrected chi connectivity index (χ1v) is 13.2. The predicted molar refractivity (Wildman–Crippen MR) is 119 cm³/mol. The van der Waals surface area contributed by atoms with Crippen molar-refractivity contribution in [3.63, 3.8) is 0 Å². The van der Waals surface area contributed by atoms with Crippen LogP contribution in [0.3, 0.4) is 0 Å². The molecule has 0 aliphatic carbocycles. The summed E-state index contributed by atoms with van der Waals surface area (Å²) in [6.45, 7) is 1.45. The molecule has 3 aromatic rings. The summed E-state index contributed by atoms with van der Waals surface area (Å²) in [7, 11) is -3.85. The van der Waals surface area contributed by atoms with Gasteiger partial charge < -0.3 is 9.15 Å². The molecule has 0 amide bonds. The second-order valence-electron chi connectivity index (χ2n) is 8.05. The fourth-order valence-electron chi connectivity index (χ4n) is 4.03. The van der Waals surface area contributed by atoms with Crippen molar-refractivity contribution in [2.45, 2.75) is 31.3 Å². The third kappa shape index (κ3) is 5.28. The number of halogens is 4. The van der Waals surface area contributed by atoms with E-state index in [0.717, 1.165) is 22.1 Å². The number of fused-ring (bicyclic) bond motifs is 2. The first-order chi connectivity index (χ1) is 16.6. The maximum absolute atomic E-state index is 13.4. The number of hydrogen-bond donors (Lipinski definition) is 0. The minimum atomic E-state index is -4.77. The van der Waals surface area contributed by atoms with E-state index in [2.05, 4.69) is 29.5 Å². The van der Waals surface area contributed by atoms with Gasteiger partial charge in [-0.2, -0.15) is 13.2 Å². The lowest BCUT2D eigenvalue weighted by Gasteiger charge is -2.28. The fraction of sp³-hybridized carbons (Fsp3) is 0.474. The second-order valence-corrected chi connectivity index (χ2v) is 11.6. The molecule has 35 heavy (non-hydrogen) atoms. The highest BCUT2D eigenvalue weighted by atomic mass is 35.5. The van der Waals surface area contributed by atoms with Crippen molar-refractivity contribution < 1.29 is 30.7 Å². The summed E-state index contributed by atoms with van der Waals surface area (Å²) in [4.78, 5) is 10.4. The van der Waals surface area contributed by atoms with Gasteiger partial charge in [0.15, 0.2) is 0 Å². The Labute approximate surface area is 206 Å². The monoisotopic (exact) mass is 550 g/mol. The molecule has 2 aliphatic rings. The molecule has 0 spiro atoms. The van der Waals surface area contributed by atoms with Crippen LogP contribution in [-0.2, 0) is 27.5 Å². The van der Waals surface area contributed by atoms with Gasteiger partial charge in [0.05, 0.1) is 48.1 Å². The Morgan fingerprint density at radius 2 is 2.09 bits per heavy atom. The van der Waals surface area contributed by atoms with E-state index in [4.69, 9.17) is 16.3 Å². The number of morpholine rings is 1. The van der Waals surface area contributed by atoms with Gasteiger partial charge in [-0.1, -0.05) is 11.6 Å². The van der Waals surface area contributed by atoms with E-state index in [0.29, 0.717) is 24.7 Å². The van der Waals surface area contributed by atoms with Crippen LogP contribution in [0.4, 0.5) is 18.9 Å². The quantitative estimate of drug-likeness (QED) is 0.417. The van der Waals surface area contributed by atoms with Crippen LogP contribution in [0.15, 0.2) is 29.1 Å². The molecule has 0 saturated carbocycles. The number of thiazole rings is 1. The second kappa shape index (κ2) is 9.28. The summed E-state index contributed by atoms with van der Waals surface area (Å²) in [5.41, 5.74) is 0.248. The molecule has 2 atom stereocenters. The number of hydrogen-bond acceptors (Lipinski definition) is 10. The van der Waals surface area contributed by atoms with Crippen LogP contribution in [0.25, 0.3) is 10.8 Å². The minimum Gasteiger partial charge on any atom is -0.412 e. The predicted octanol–water partition coefficient (Wildman–Crippen LogP) is 3.07. The number of rotatable bonds is 8. The lowest BCUT2D eigenvalue weighted by molar-refractivity contribution is -0.156. The number of ether oxygens (including phenoxy) is 1. The molecule has 5 heterocycles. The molecule has 2 fully saturated rings. The van der Waals surface area contributed by atoms with Gasteiger partial charge in [0, 0.05) is 25.3 Å². The van der Waals surface area contributed by atoms with Crippen molar-refractivity contribution in [3.8, 4) is 10.8 Å². The van der Waals surface area contributed by atoms with Gasteiger partial charge in [0.2, 0.25) is 10.0 Å². The molecule has 5 rings (SSSR count). The minimum absolute atomic E-state index is 0.146. The Balaban J connectivity index is 1.36. The summed E-state index contributed by atoms with van der Waals surface area (Å²) in [5, 5.41) is 6.98.